The van der Waals surface area contributed by atoms with Crippen molar-refractivity contribution >= 4 is 11.9 Å². The van der Waals surface area contributed by atoms with Gasteiger partial charge in [0.1, 0.15) is 17.3 Å². The molecule has 3 aliphatic carbocycles. The van der Waals surface area contributed by atoms with E-state index in [2.05, 4.69) is 29.2 Å². The van der Waals surface area contributed by atoms with Crippen molar-refractivity contribution < 1.29 is 23.5 Å². The molecule has 3 aliphatic rings. The third-order valence-corrected chi connectivity index (χ3v) is 8.66. The van der Waals surface area contributed by atoms with Crippen LogP contribution in [0.4, 0.5) is 4.39 Å². The van der Waals surface area contributed by atoms with Crippen molar-refractivity contribution in [1.82, 2.24) is 4.98 Å². The van der Waals surface area contributed by atoms with E-state index in [0.29, 0.717) is 23.5 Å². The number of ether oxygens (including phenoxy) is 2. The molecule has 0 amide bonds. The zero-order chi connectivity index (χ0) is 30.6. The van der Waals surface area contributed by atoms with E-state index in [1.54, 1.807) is 48.8 Å². The number of aromatic nitrogens is 1. The fourth-order valence-corrected chi connectivity index (χ4v) is 6.74. The third kappa shape index (κ3) is 4.32. The Labute approximate surface area is 255 Å². The zero-order valence-corrected chi connectivity index (χ0v) is 24.6. The van der Waals surface area contributed by atoms with Crippen LogP contribution in [0.25, 0.3) is 0 Å². The van der Waals surface area contributed by atoms with Crippen LogP contribution in [0.15, 0.2) is 109 Å². The van der Waals surface area contributed by atoms with Gasteiger partial charge in [-0.3, -0.25) is 9.78 Å². The first-order chi connectivity index (χ1) is 21.2. The van der Waals surface area contributed by atoms with Gasteiger partial charge in [-0.15, -0.1) is 0 Å². The molecule has 44 heavy (non-hydrogen) atoms. The van der Waals surface area contributed by atoms with Crippen molar-refractivity contribution in [1.29, 1.82) is 0 Å². The molecule has 0 atom stereocenters. The van der Waals surface area contributed by atoms with E-state index in [9.17, 15) is 14.0 Å². The summed E-state index contributed by atoms with van der Waals surface area (Å²) in [5.74, 6) is -0.654. The highest BCUT2D eigenvalue weighted by molar-refractivity contribution is 5.92. The predicted molar refractivity (Wildman–Crippen MR) is 165 cm³/mol. The van der Waals surface area contributed by atoms with E-state index in [-0.39, 0.29) is 17.7 Å². The molecular formula is C38H30FNO4. The summed E-state index contributed by atoms with van der Waals surface area (Å²) in [4.78, 5) is 30.9. The molecule has 0 aliphatic heterocycles. The van der Waals surface area contributed by atoms with Crippen molar-refractivity contribution in [2.24, 2.45) is 5.41 Å². The first-order valence-corrected chi connectivity index (χ1v) is 14.6. The van der Waals surface area contributed by atoms with Gasteiger partial charge in [-0.2, -0.15) is 0 Å². The Hall–Kier alpha value is -5.10. The van der Waals surface area contributed by atoms with Crippen molar-refractivity contribution in [2.75, 3.05) is 0 Å². The number of esters is 2. The lowest BCUT2D eigenvalue weighted by Gasteiger charge is -2.51. The monoisotopic (exact) mass is 583 g/mol. The second-order valence-corrected chi connectivity index (χ2v) is 12.4. The lowest BCUT2D eigenvalue weighted by molar-refractivity contribution is -0.143. The summed E-state index contributed by atoms with van der Waals surface area (Å²) in [6.45, 7) is 5.46. The molecule has 0 N–H and O–H groups in total. The number of carbonyl (C=O) groups excluding carboxylic acids is 2. The highest BCUT2D eigenvalue weighted by Crippen LogP contribution is 2.64. The van der Waals surface area contributed by atoms with Gasteiger partial charge in [-0.05, 0) is 91.4 Å². The molecule has 0 saturated carbocycles. The minimum absolute atomic E-state index is 0.269. The average Bonchev–Trinajstić information content (AvgIpc) is 3.03. The maximum Gasteiger partial charge on any atom is 0.343 e. The highest BCUT2D eigenvalue weighted by Gasteiger charge is 2.54. The number of carbonyl (C=O) groups is 2. The van der Waals surface area contributed by atoms with Gasteiger partial charge < -0.3 is 9.47 Å². The van der Waals surface area contributed by atoms with Crippen molar-refractivity contribution in [2.45, 2.75) is 38.5 Å². The SMILES string of the molecule is CC(C)(C)C(=O)Oc1ccc(OC(=O)c2ccncc2)c2c1C1c3ccccc3C2(Cc2ccc(F)cc2)c2ccccc21. The summed E-state index contributed by atoms with van der Waals surface area (Å²) >= 11 is 0. The van der Waals surface area contributed by atoms with Gasteiger partial charge in [-0.25, -0.2) is 9.18 Å². The van der Waals surface area contributed by atoms with Crippen LogP contribution in [0.5, 0.6) is 11.5 Å². The second kappa shape index (κ2) is 10.3. The molecule has 0 unspecified atom stereocenters. The predicted octanol–water partition coefficient (Wildman–Crippen LogP) is 7.78. The number of rotatable bonds is 5. The highest BCUT2D eigenvalue weighted by atomic mass is 19.1. The van der Waals surface area contributed by atoms with E-state index in [0.717, 1.165) is 38.9 Å². The van der Waals surface area contributed by atoms with Crippen molar-refractivity contribution in [3.8, 4) is 11.5 Å². The second-order valence-electron chi connectivity index (χ2n) is 12.4. The van der Waals surface area contributed by atoms with Crippen LogP contribution < -0.4 is 9.47 Å². The number of hydrogen-bond acceptors (Lipinski definition) is 5. The molecule has 1 heterocycles. The Morgan fingerprint density at radius 2 is 1.36 bits per heavy atom. The summed E-state index contributed by atoms with van der Waals surface area (Å²) in [5, 5.41) is 0. The number of hydrogen-bond donors (Lipinski definition) is 0. The molecular weight excluding hydrogens is 553 g/mol. The van der Waals surface area contributed by atoms with Crippen LogP contribution in [-0.2, 0) is 16.6 Å². The Kier molecular flexibility index (Phi) is 6.47. The lowest BCUT2D eigenvalue weighted by atomic mass is 9.51. The van der Waals surface area contributed by atoms with E-state index < -0.39 is 16.8 Å². The third-order valence-electron chi connectivity index (χ3n) is 8.66. The van der Waals surface area contributed by atoms with Crippen LogP contribution >= 0.6 is 0 Å². The van der Waals surface area contributed by atoms with E-state index in [1.165, 1.54) is 12.1 Å². The topological polar surface area (TPSA) is 65.5 Å². The summed E-state index contributed by atoms with van der Waals surface area (Å²) in [6.07, 6.45) is 3.55. The molecule has 0 spiro atoms. The molecule has 4 aromatic carbocycles. The Bertz CT molecular complexity index is 1880. The summed E-state index contributed by atoms with van der Waals surface area (Å²) < 4.78 is 26.5. The fourth-order valence-electron chi connectivity index (χ4n) is 6.74. The smallest absolute Gasteiger partial charge is 0.343 e. The van der Waals surface area contributed by atoms with Crippen LogP contribution in [-0.4, -0.2) is 16.9 Å². The molecule has 6 heteroatoms. The van der Waals surface area contributed by atoms with Crippen molar-refractivity contribution in [3.05, 3.63) is 160 Å². The van der Waals surface area contributed by atoms with Gasteiger partial charge >= 0.3 is 11.9 Å². The maximum absolute atomic E-state index is 14.1. The van der Waals surface area contributed by atoms with Gasteiger partial charge in [0.05, 0.1) is 16.4 Å². The van der Waals surface area contributed by atoms with E-state index in [1.807, 2.05) is 45.0 Å². The largest absolute Gasteiger partial charge is 0.426 e. The molecule has 0 radical (unpaired) electrons. The summed E-state index contributed by atoms with van der Waals surface area (Å²) in [6, 6.07) is 29.7. The molecule has 0 saturated heterocycles. The normalized spacial score (nSPS) is 17.7. The van der Waals surface area contributed by atoms with E-state index in [4.69, 9.17) is 9.47 Å². The Balaban J connectivity index is 1.54. The molecule has 8 rings (SSSR count). The van der Waals surface area contributed by atoms with Gasteiger partial charge in [0.15, 0.2) is 0 Å². The van der Waals surface area contributed by atoms with Gasteiger partial charge in [0.2, 0.25) is 0 Å². The molecule has 2 bridgehead atoms. The Morgan fingerprint density at radius 1 is 0.773 bits per heavy atom. The number of benzene rings is 4. The van der Waals surface area contributed by atoms with Gasteiger partial charge in [0.25, 0.3) is 0 Å². The fraction of sp³-hybridized carbons (Fsp3) is 0.184. The van der Waals surface area contributed by atoms with Gasteiger partial charge in [0, 0.05) is 29.4 Å². The van der Waals surface area contributed by atoms with Crippen LogP contribution in [0.3, 0.4) is 0 Å². The van der Waals surface area contributed by atoms with Crippen LogP contribution in [0, 0.1) is 11.2 Å². The summed E-state index contributed by atoms with van der Waals surface area (Å²) in [5.41, 5.74) is 5.58. The average molecular weight is 584 g/mol. The lowest BCUT2D eigenvalue weighted by Crippen LogP contribution is -2.44. The summed E-state index contributed by atoms with van der Waals surface area (Å²) in [7, 11) is 0. The minimum atomic E-state index is -0.840. The first kappa shape index (κ1) is 27.7. The molecule has 5 nitrogen and oxygen atoms in total. The number of pyridine rings is 1. The van der Waals surface area contributed by atoms with Crippen LogP contribution in [0.2, 0.25) is 0 Å². The van der Waals surface area contributed by atoms with Crippen LogP contribution in [0.1, 0.15) is 76.0 Å². The molecule has 1 aromatic heterocycles. The minimum Gasteiger partial charge on any atom is -0.426 e. The Morgan fingerprint density at radius 3 is 1.98 bits per heavy atom. The molecule has 5 aromatic rings. The first-order valence-electron chi connectivity index (χ1n) is 14.6. The molecule has 218 valence electrons. The maximum atomic E-state index is 14.1. The van der Waals surface area contributed by atoms with E-state index >= 15 is 0 Å². The number of nitrogens with zero attached hydrogens (tertiary/aromatic N) is 1. The standard InChI is InChI=1S/C38H30FNO4/c1-37(2,3)36(42)44-30-16-17-31(43-35(41)24-18-20-40-21-19-24)34-33(30)32-26-8-4-6-10-28(26)38(34,29-11-7-5-9-27(29)32)22-23-12-14-25(39)15-13-23/h4-21,32H,22H2,1-3H3. The zero-order valence-electron chi connectivity index (χ0n) is 24.6. The molecule has 0 fully saturated rings. The number of halogens is 1. The van der Waals surface area contributed by atoms with Crippen molar-refractivity contribution in [3.63, 3.8) is 0 Å². The quantitative estimate of drug-likeness (QED) is 0.156. The van der Waals surface area contributed by atoms with Gasteiger partial charge in [-0.1, -0.05) is 60.7 Å².